The molecule has 0 saturated heterocycles. The van der Waals surface area contributed by atoms with Crippen LogP contribution in [-0.2, 0) is 4.79 Å². The van der Waals surface area contributed by atoms with E-state index in [0.29, 0.717) is 18.5 Å². The third kappa shape index (κ3) is 5.38. The first-order valence-corrected chi connectivity index (χ1v) is 7.55. The van der Waals surface area contributed by atoms with Gasteiger partial charge in [-0.15, -0.1) is 0 Å². The van der Waals surface area contributed by atoms with Gasteiger partial charge >= 0.3 is 0 Å². The van der Waals surface area contributed by atoms with Crippen LogP contribution in [0.5, 0.6) is 0 Å². The molecule has 1 saturated carbocycles. The van der Waals surface area contributed by atoms with Crippen LogP contribution < -0.4 is 10.6 Å². The zero-order valence-electron chi connectivity index (χ0n) is 12.5. The van der Waals surface area contributed by atoms with E-state index in [1.54, 1.807) is 0 Å². The summed E-state index contributed by atoms with van der Waals surface area (Å²) in [7, 11) is 0. The number of hydrogen-bond donors (Lipinski definition) is 2. The molecule has 2 N–H and O–H groups in total. The van der Waals surface area contributed by atoms with E-state index >= 15 is 0 Å². The molecule has 18 heavy (non-hydrogen) atoms. The van der Waals surface area contributed by atoms with Crippen molar-refractivity contribution in [3.8, 4) is 0 Å². The fourth-order valence-electron chi connectivity index (χ4n) is 2.64. The van der Waals surface area contributed by atoms with Crippen molar-refractivity contribution in [1.82, 2.24) is 10.6 Å². The highest BCUT2D eigenvalue weighted by molar-refractivity contribution is 5.76. The van der Waals surface area contributed by atoms with Crippen LogP contribution in [0.25, 0.3) is 0 Å². The van der Waals surface area contributed by atoms with Crippen LogP contribution in [0.1, 0.15) is 59.8 Å². The molecule has 0 bridgehead atoms. The van der Waals surface area contributed by atoms with Crippen LogP contribution in [0.4, 0.5) is 0 Å². The minimum absolute atomic E-state index is 0.174. The Morgan fingerprint density at radius 3 is 2.72 bits per heavy atom. The lowest BCUT2D eigenvalue weighted by molar-refractivity contribution is -0.121. The van der Waals surface area contributed by atoms with Gasteiger partial charge in [-0.05, 0) is 38.0 Å². The third-order valence-corrected chi connectivity index (χ3v) is 4.24. The van der Waals surface area contributed by atoms with Crippen molar-refractivity contribution in [2.45, 2.75) is 71.9 Å². The molecule has 0 aromatic carbocycles. The van der Waals surface area contributed by atoms with Crippen molar-refractivity contribution in [1.29, 1.82) is 0 Å². The maximum absolute atomic E-state index is 11.6. The highest BCUT2D eigenvalue weighted by Gasteiger charge is 2.24. The van der Waals surface area contributed by atoms with Crippen molar-refractivity contribution >= 4 is 5.91 Å². The molecule has 1 aliphatic rings. The van der Waals surface area contributed by atoms with Crippen molar-refractivity contribution in [2.75, 3.05) is 6.54 Å². The van der Waals surface area contributed by atoms with E-state index in [4.69, 9.17) is 0 Å². The number of carbonyl (C=O) groups excluding carboxylic acids is 1. The van der Waals surface area contributed by atoms with Crippen LogP contribution >= 0.6 is 0 Å². The lowest BCUT2D eigenvalue weighted by Crippen LogP contribution is -2.41. The maximum atomic E-state index is 11.6. The smallest absolute Gasteiger partial charge is 0.221 e. The number of carbonyl (C=O) groups is 1. The Morgan fingerprint density at radius 1 is 1.33 bits per heavy atom. The second-order valence-corrected chi connectivity index (χ2v) is 6.08. The monoisotopic (exact) mass is 254 g/mol. The SMILES string of the molecule is CCC(C)NC(=O)CCNC1CC(C)CCC1C. The molecule has 0 radical (unpaired) electrons. The fourth-order valence-corrected chi connectivity index (χ4v) is 2.64. The molecular weight excluding hydrogens is 224 g/mol. The summed E-state index contributed by atoms with van der Waals surface area (Å²) in [4.78, 5) is 11.6. The summed E-state index contributed by atoms with van der Waals surface area (Å²) >= 11 is 0. The number of rotatable bonds is 6. The summed E-state index contributed by atoms with van der Waals surface area (Å²) in [6, 6.07) is 0.899. The van der Waals surface area contributed by atoms with E-state index < -0.39 is 0 Å². The Balaban J connectivity index is 2.18. The van der Waals surface area contributed by atoms with Gasteiger partial charge in [0.15, 0.2) is 0 Å². The lowest BCUT2D eigenvalue weighted by Gasteiger charge is -2.33. The zero-order chi connectivity index (χ0) is 13.5. The van der Waals surface area contributed by atoms with E-state index in [-0.39, 0.29) is 5.91 Å². The van der Waals surface area contributed by atoms with Gasteiger partial charge in [0, 0.05) is 25.0 Å². The molecule has 106 valence electrons. The maximum Gasteiger partial charge on any atom is 0.221 e. The molecule has 0 aromatic heterocycles. The van der Waals surface area contributed by atoms with E-state index in [9.17, 15) is 4.79 Å². The summed E-state index contributed by atoms with van der Waals surface area (Å²) in [6.45, 7) is 9.60. The van der Waals surface area contributed by atoms with E-state index in [1.807, 2.05) is 0 Å². The Kier molecular flexibility index (Phi) is 6.69. The number of nitrogens with one attached hydrogen (secondary N) is 2. The van der Waals surface area contributed by atoms with Gasteiger partial charge in [-0.2, -0.15) is 0 Å². The molecule has 1 aliphatic carbocycles. The lowest BCUT2D eigenvalue weighted by atomic mass is 9.80. The predicted octanol–water partition coefficient (Wildman–Crippen LogP) is 2.71. The van der Waals surface area contributed by atoms with Crippen molar-refractivity contribution < 1.29 is 4.79 Å². The summed E-state index contributed by atoms with van der Waals surface area (Å²) in [5.74, 6) is 1.75. The largest absolute Gasteiger partial charge is 0.354 e. The number of hydrogen-bond acceptors (Lipinski definition) is 2. The third-order valence-electron chi connectivity index (χ3n) is 4.24. The normalized spacial score (nSPS) is 29.9. The van der Waals surface area contributed by atoms with Crippen molar-refractivity contribution in [3.63, 3.8) is 0 Å². The second kappa shape index (κ2) is 7.78. The minimum Gasteiger partial charge on any atom is -0.354 e. The number of amides is 1. The first-order chi connectivity index (χ1) is 8.52. The minimum atomic E-state index is 0.174. The summed E-state index contributed by atoms with van der Waals surface area (Å²) in [6.07, 6.45) is 5.53. The summed E-state index contributed by atoms with van der Waals surface area (Å²) in [5, 5.41) is 6.57. The first-order valence-electron chi connectivity index (χ1n) is 7.55. The first kappa shape index (κ1) is 15.5. The molecule has 0 aliphatic heterocycles. The molecule has 4 atom stereocenters. The van der Waals surface area contributed by atoms with E-state index in [0.717, 1.165) is 24.8 Å². The van der Waals surface area contributed by atoms with Crippen LogP contribution in [0.2, 0.25) is 0 Å². The average molecular weight is 254 g/mol. The molecule has 1 rings (SSSR count). The molecular formula is C15H30N2O. The van der Waals surface area contributed by atoms with Gasteiger partial charge in [-0.1, -0.05) is 27.2 Å². The highest BCUT2D eigenvalue weighted by atomic mass is 16.1. The zero-order valence-corrected chi connectivity index (χ0v) is 12.5. The summed E-state index contributed by atoms with van der Waals surface area (Å²) < 4.78 is 0. The molecule has 3 heteroatoms. The van der Waals surface area contributed by atoms with Gasteiger partial charge in [0.25, 0.3) is 0 Å². The van der Waals surface area contributed by atoms with Crippen LogP contribution in [0.15, 0.2) is 0 Å². The van der Waals surface area contributed by atoms with Crippen molar-refractivity contribution in [2.24, 2.45) is 11.8 Å². The van der Waals surface area contributed by atoms with Gasteiger partial charge in [-0.3, -0.25) is 4.79 Å². The topological polar surface area (TPSA) is 41.1 Å². The van der Waals surface area contributed by atoms with Crippen LogP contribution in [0, 0.1) is 11.8 Å². The van der Waals surface area contributed by atoms with Gasteiger partial charge in [0.1, 0.15) is 0 Å². The molecule has 3 nitrogen and oxygen atoms in total. The van der Waals surface area contributed by atoms with Gasteiger partial charge in [0.2, 0.25) is 5.91 Å². The van der Waals surface area contributed by atoms with E-state index in [1.165, 1.54) is 19.3 Å². The van der Waals surface area contributed by atoms with Crippen LogP contribution in [-0.4, -0.2) is 24.5 Å². The highest BCUT2D eigenvalue weighted by Crippen LogP contribution is 2.28. The Hall–Kier alpha value is -0.570. The van der Waals surface area contributed by atoms with Gasteiger partial charge in [-0.25, -0.2) is 0 Å². The summed E-state index contributed by atoms with van der Waals surface area (Å²) in [5.41, 5.74) is 0. The van der Waals surface area contributed by atoms with E-state index in [2.05, 4.69) is 38.3 Å². The Morgan fingerprint density at radius 2 is 2.06 bits per heavy atom. The average Bonchev–Trinajstić information content (AvgIpc) is 2.33. The predicted molar refractivity (Wildman–Crippen MR) is 76.5 cm³/mol. The molecule has 4 unspecified atom stereocenters. The van der Waals surface area contributed by atoms with Crippen molar-refractivity contribution in [3.05, 3.63) is 0 Å². The van der Waals surface area contributed by atoms with Gasteiger partial charge in [0.05, 0.1) is 0 Å². The van der Waals surface area contributed by atoms with Crippen LogP contribution in [0.3, 0.4) is 0 Å². The molecule has 0 spiro atoms. The van der Waals surface area contributed by atoms with Gasteiger partial charge < -0.3 is 10.6 Å². The Bertz CT molecular complexity index is 255. The molecule has 1 fully saturated rings. The molecule has 1 amide bonds. The second-order valence-electron chi connectivity index (χ2n) is 6.08. The fraction of sp³-hybridized carbons (Fsp3) is 0.933. The standard InChI is InChI=1S/C15H30N2O/c1-5-13(4)17-15(18)8-9-16-14-10-11(2)6-7-12(14)3/h11-14,16H,5-10H2,1-4H3,(H,17,18). The molecule has 0 aromatic rings. The Labute approximate surface area is 112 Å². The molecule has 0 heterocycles. The quantitative estimate of drug-likeness (QED) is 0.765.